The van der Waals surface area contributed by atoms with Crippen LogP contribution in [0.2, 0.25) is 0 Å². The maximum atomic E-state index is 14.5. The Morgan fingerprint density at radius 1 is 1.13 bits per heavy atom. The molecule has 6 rings (SSSR count). The number of H-pyrrole nitrogens is 1. The largest absolute Gasteiger partial charge is 0.453 e. The third kappa shape index (κ3) is 8.28. The maximum Gasteiger partial charge on any atom is 0.392 e. The van der Waals surface area contributed by atoms with E-state index in [0.717, 1.165) is 16.2 Å². The van der Waals surface area contributed by atoms with E-state index in [9.17, 15) is 29.2 Å². The van der Waals surface area contributed by atoms with Crippen LogP contribution in [-0.4, -0.2) is 108 Å². The van der Waals surface area contributed by atoms with Gasteiger partial charge in [0.25, 0.3) is 5.56 Å². The van der Waals surface area contributed by atoms with Gasteiger partial charge in [0.15, 0.2) is 17.7 Å². The van der Waals surface area contributed by atoms with Crippen molar-refractivity contribution in [1.29, 1.82) is 0 Å². The van der Waals surface area contributed by atoms with Gasteiger partial charge in [-0.2, -0.15) is 0 Å². The molecule has 0 aliphatic carbocycles. The SMILES string of the molecule is CO[C@@H]1[C@H](OP(=O)(OC[C@H]2O[C@@H](n3cnc4c(N)ncnc43)C[C@@H]2O)SCOC(=O)C(N)Cc2ccccc2)[C@@H](CO)O[C@H]1n1ccc(=O)[nH]c1=O. The number of anilines is 1. The van der Waals surface area contributed by atoms with Crippen molar-refractivity contribution in [2.24, 2.45) is 5.73 Å². The first-order valence-corrected chi connectivity index (χ1v) is 19.0. The molecule has 0 amide bonds. The molecule has 7 N–H and O–H groups in total. The number of hydrogen-bond acceptors (Lipinski definition) is 18. The summed E-state index contributed by atoms with van der Waals surface area (Å²) in [7, 11) is 1.28. The Kier molecular flexibility index (Phi) is 11.9. The molecule has 280 valence electrons. The summed E-state index contributed by atoms with van der Waals surface area (Å²) in [5.74, 6) is -1.14. The van der Waals surface area contributed by atoms with Gasteiger partial charge in [-0.15, -0.1) is 0 Å². The van der Waals surface area contributed by atoms with E-state index < -0.39 is 92.2 Å². The molecule has 0 spiro atoms. The van der Waals surface area contributed by atoms with Gasteiger partial charge in [-0.25, -0.2) is 24.3 Å². The molecular formula is C30H37N8O12PS. The lowest BCUT2D eigenvalue weighted by Gasteiger charge is -2.28. The Labute approximate surface area is 298 Å². The fraction of sp³-hybridized carbons (Fsp3) is 0.467. The average molecular weight is 765 g/mol. The fourth-order valence-electron chi connectivity index (χ4n) is 5.82. The number of nitrogen functional groups attached to an aromatic ring is 1. The third-order valence-electron chi connectivity index (χ3n) is 8.43. The molecule has 2 aliphatic heterocycles. The highest BCUT2D eigenvalue weighted by Crippen LogP contribution is 2.63. The molecule has 0 radical (unpaired) electrons. The standard InChI is InChI=1S/C30H37N8O12PS/c1-45-25-24(19(11-39)49-28(25)37-8-7-21(41)36-30(37)43)50-51(44,52-15-46-29(42)17(31)9-16-5-3-2-4-6-16)47-12-20-18(40)10-22(48-20)38-14-35-23-26(32)33-13-34-27(23)38/h2-8,13-14,17-20,22,24-25,28,39-40H,9-12,15,31H2,1H3,(H2,32,33,34)(H,36,41,43)/t17?,18-,19+,20+,22+,24+,25+,28+,51?/m0/s1. The number of nitrogens with zero attached hydrogens (tertiary/aromatic N) is 5. The van der Waals surface area contributed by atoms with Crippen LogP contribution in [0.4, 0.5) is 5.82 Å². The molecular weight excluding hydrogens is 727 g/mol. The minimum atomic E-state index is -4.43. The van der Waals surface area contributed by atoms with E-state index in [2.05, 4.69) is 19.9 Å². The van der Waals surface area contributed by atoms with E-state index >= 15 is 0 Å². The first-order chi connectivity index (χ1) is 25.0. The minimum Gasteiger partial charge on any atom is -0.453 e. The van der Waals surface area contributed by atoms with Gasteiger partial charge in [0, 0.05) is 37.2 Å². The van der Waals surface area contributed by atoms with Crippen molar-refractivity contribution < 1.29 is 47.6 Å². The molecule has 20 nitrogen and oxygen atoms in total. The molecule has 4 aromatic rings. The summed E-state index contributed by atoms with van der Waals surface area (Å²) in [5, 5.41) is 21.1. The normalized spacial score (nSPS) is 26.3. The van der Waals surface area contributed by atoms with E-state index in [1.807, 2.05) is 18.2 Å². The number of nitrogens with one attached hydrogen (secondary N) is 1. The van der Waals surface area contributed by atoms with Crippen molar-refractivity contribution >= 4 is 41.1 Å². The molecule has 2 aliphatic rings. The Morgan fingerprint density at radius 2 is 1.92 bits per heavy atom. The second-order valence-electron chi connectivity index (χ2n) is 11.8. The first-order valence-electron chi connectivity index (χ1n) is 15.9. The molecule has 0 bridgehead atoms. The van der Waals surface area contributed by atoms with Crippen molar-refractivity contribution in [2.75, 3.05) is 32.0 Å². The summed E-state index contributed by atoms with van der Waals surface area (Å²) in [6.07, 6.45) is -3.62. The molecule has 2 saturated heterocycles. The monoisotopic (exact) mass is 764 g/mol. The second kappa shape index (κ2) is 16.3. The zero-order valence-corrected chi connectivity index (χ0v) is 29.3. The van der Waals surface area contributed by atoms with Gasteiger partial charge < -0.3 is 40.6 Å². The number of methoxy groups -OCH3 is 1. The van der Waals surface area contributed by atoms with E-state index in [4.69, 9.17) is 39.5 Å². The van der Waals surface area contributed by atoms with Crippen LogP contribution >= 0.6 is 18.2 Å². The van der Waals surface area contributed by atoms with Gasteiger partial charge in [0.05, 0.1) is 25.6 Å². The van der Waals surface area contributed by atoms with Gasteiger partial charge in [0.2, 0.25) is 0 Å². The average Bonchev–Trinajstić information content (AvgIpc) is 3.82. The number of fused-ring (bicyclic) bond motifs is 1. The Hall–Kier alpha value is -4.02. The molecule has 22 heteroatoms. The van der Waals surface area contributed by atoms with Crippen molar-refractivity contribution in [3.63, 3.8) is 0 Å². The number of benzene rings is 1. The highest BCUT2D eigenvalue weighted by atomic mass is 32.7. The lowest BCUT2D eigenvalue weighted by Crippen LogP contribution is -2.39. The number of carbonyl (C=O) groups excluding carboxylic acids is 1. The number of esters is 1. The number of aromatic nitrogens is 6. The molecule has 9 atom stereocenters. The predicted molar refractivity (Wildman–Crippen MR) is 182 cm³/mol. The Bertz CT molecular complexity index is 2020. The molecule has 2 unspecified atom stereocenters. The van der Waals surface area contributed by atoms with E-state index in [1.54, 1.807) is 16.7 Å². The van der Waals surface area contributed by atoms with Crippen molar-refractivity contribution in [3.8, 4) is 0 Å². The number of aliphatic hydroxyl groups is 2. The summed E-state index contributed by atoms with van der Waals surface area (Å²) >= 11 is 0.497. The minimum absolute atomic E-state index is 0.0863. The number of carbonyl (C=O) groups is 1. The lowest BCUT2D eigenvalue weighted by molar-refractivity contribution is -0.142. The van der Waals surface area contributed by atoms with Gasteiger partial charge in [-0.1, -0.05) is 30.3 Å². The summed E-state index contributed by atoms with van der Waals surface area (Å²) in [5.41, 5.74) is 12.0. The summed E-state index contributed by atoms with van der Waals surface area (Å²) in [6.45, 7) is -5.56. The third-order valence-corrected chi connectivity index (χ3v) is 11.8. The second-order valence-corrected chi connectivity index (χ2v) is 15.8. The van der Waals surface area contributed by atoms with Gasteiger partial charge >= 0.3 is 18.5 Å². The lowest BCUT2D eigenvalue weighted by atomic mass is 10.1. The zero-order chi connectivity index (χ0) is 37.0. The van der Waals surface area contributed by atoms with E-state index in [1.165, 1.54) is 26.0 Å². The summed E-state index contributed by atoms with van der Waals surface area (Å²) in [4.78, 5) is 51.5. The number of aliphatic hydroxyl groups excluding tert-OH is 2. The van der Waals surface area contributed by atoms with Gasteiger partial charge in [0.1, 0.15) is 54.5 Å². The van der Waals surface area contributed by atoms with Crippen LogP contribution in [0.1, 0.15) is 24.4 Å². The first kappa shape index (κ1) is 37.7. The highest BCUT2D eigenvalue weighted by Gasteiger charge is 2.51. The molecule has 2 fully saturated rings. The van der Waals surface area contributed by atoms with Crippen LogP contribution in [0.15, 0.2) is 64.8 Å². The predicted octanol–water partition coefficient (Wildman–Crippen LogP) is -0.174. The number of hydrogen-bond donors (Lipinski definition) is 5. The molecule has 52 heavy (non-hydrogen) atoms. The van der Waals surface area contributed by atoms with Crippen LogP contribution in [0.5, 0.6) is 0 Å². The number of nitrogens with two attached hydrogens (primary N) is 2. The van der Waals surface area contributed by atoms with Gasteiger partial charge in [-0.3, -0.25) is 32.8 Å². The van der Waals surface area contributed by atoms with Crippen molar-refractivity contribution in [2.45, 2.75) is 61.9 Å². The number of imidazole rings is 1. The molecule has 3 aromatic heterocycles. The number of rotatable bonds is 15. The van der Waals surface area contributed by atoms with Gasteiger partial charge in [-0.05, 0) is 12.0 Å². The van der Waals surface area contributed by atoms with E-state index in [-0.39, 0.29) is 18.7 Å². The molecule has 1 aromatic carbocycles. The van der Waals surface area contributed by atoms with Crippen LogP contribution in [0.25, 0.3) is 11.2 Å². The number of ether oxygens (including phenoxy) is 4. The van der Waals surface area contributed by atoms with Crippen LogP contribution in [0.3, 0.4) is 0 Å². The molecule has 0 saturated carbocycles. The molecule has 5 heterocycles. The van der Waals surface area contributed by atoms with Crippen molar-refractivity contribution in [1.82, 2.24) is 29.1 Å². The Morgan fingerprint density at radius 3 is 2.65 bits per heavy atom. The van der Waals surface area contributed by atoms with Crippen LogP contribution < -0.4 is 22.7 Å². The Balaban J connectivity index is 1.19. The van der Waals surface area contributed by atoms with Crippen LogP contribution in [0, 0.1) is 0 Å². The quantitative estimate of drug-likeness (QED) is 0.0596. The summed E-state index contributed by atoms with van der Waals surface area (Å²) < 4.78 is 51.8. The fourth-order valence-corrected chi connectivity index (χ4v) is 8.63. The zero-order valence-electron chi connectivity index (χ0n) is 27.6. The number of aromatic amines is 1. The topological polar surface area (TPSA) is 280 Å². The van der Waals surface area contributed by atoms with Crippen molar-refractivity contribution in [3.05, 3.63) is 81.7 Å². The van der Waals surface area contributed by atoms with E-state index in [0.29, 0.717) is 22.5 Å². The maximum absolute atomic E-state index is 14.5. The summed E-state index contributed by atoms with van der Waals surface area (Å²) in [6, 6.07) is 9.12. The smallest absolute Gasteiger partial charge is 0.392 e. The highest BCUT2D eigenvalue weighted by molar-refractivity contribution is 8.55. The van der Waals surface area contributed by atoms with Crippen LogP contribution in [-0.2, 0) is 43.8 Å².